The molecule has 14 heteroatoms. The van der Waals surface area contributed by atoms with E-state index in [-0.39, 0.29) is 41.4 Å². The molecule has 2 aromatic rings. The van der Waals surface area contributed by atoms with Gasteiger partial charge in [0.25, 0.3) is 11.1 Å². The second-order valence-corrected chi connectivity index (χ2v) is 13.3. The summed E-state index contributed by atoms with van der Waals surface area (Å²) in [7, 11) is 0. The van der Waals surface area contributed by atoms with Crippen molar-refractivity contribution < 1.29 is 52.6 Å². The number of pyridine rings is 2. The van der Waals surface area contributed by atoms with Crippen molar-refractivity contribution >= 4 is 11.9 Å². The first-order chi connectivity index (χ1) is 22.1. The number of rotatable bonds is 15. The predicted octanol–water partition coefficient (Wildman–Crippen LogP) is 0.246. The summed E-state index contributed by atoms with van der Waals surface area (Å²) >= 11 is 0. The Kier molecular flexibility index (Phi) is 15.1. The summed E-state index contributed by atoms with van der Waals surface area (Å²) in [5.74, 6) is -0.336. The zero-order valence-corrected chi connectivity index (χ0v) is 28.0. The van der Waals surface area contributed by atoms with Crippen molar-refractivity contribution in [2.24, 2.45) is 11.8 Å². The molecule has 6 rings (SSSR count). The Balaban J connectivity index is 0.000000251. The average molecular weight is 669 g/mol. The van der Waals surface area contributed by atoms with E-state index in [0.29, 0.717) is 63.9 Å². The molecule has 2 unspecified atom stereocenters. The first-order valence-corrected chi connectivity index (χ1v) is 16.6. The molecule has 2 N–H and O–H groups in total. The van der Waals surface area contributed by atoms with Gasteiger partial charge >= 0.3 is 30.8 Å². The molecule has 11 nitrogen and oxygen atoms in total. The van der Waals surface area contributed by atoms with Gasteiger partial charge in [-0.2, -0.15) is 0 Å². The smallest absolute Gasteiger partial charge is 0.870 e. The maximum absolute atomic E-state index is 12.9. The molecule has 0 spiro atoms. The Morgan fingerprint density at radius 3 is 1.58 bits per heavy atom. The largest absolute Gasteiger partial charge is 1.00 e. The zero-order chi connectivity index (χ0) is 32.8. The Labute approximate surface area is 291 Å². The van der Waals surface area contributed by atoms with E-state index < -0.39 is 30.4 Å². The van der Waals surface area contributed by atoms with Crippen LogP contribution in [0.15, 0.2) is 46.2 Å². The van der Waals surface area contributed by atoms with Crippen LogP contribution in [0.5, 0.6) is 0 Å². The van der Waals surface area contributed by atoms with Crippen LogP contribution < -0.4 is 30.0 Å². The second-order valence-electron chi connectivity index (χ2n) is 13.3. The van der Waals surface area contributed by atoms with E-state index in [2.05, 4.69) is 0 Å². The molecule has 0 aromatic carbocycles. The van der Waals surface area contributed by atoms with Gasteiger partial charge < -0.3 is 24.5 Å². The number of likely N-dealkylation sites (tertiary alicyclic amines) is 2. The third kappa shape index (κ3) is 11.4. The van der Waals surface area contributed by atoms with Gasteiger partial charge in [0.05, 0.1) is 6.61 Å². The molecule has 260 valence electrons. The number of carbonyl (C=O) groups is 2. The minimum Gasteiger partial charge on any atom is -0.870 e. The Morgan fingerprint density at radius 1 is 0.792 bits per heavy atom. The van der Waals surface area contributed by atoms with Crippen LogP contribution in [0.3, 0.4) is 0 Å². The van der Waals surface area contributed by atoms with Gasteiger partial charge in [0.2, 0.25) is 0 Å². The minimum absolute atomic E-state index is 0. The minimum atomic E-state index is -0.950. The number of aromatic nitrogens is 2. The first kappa shape index (κ1) is 39.6. The van der Waals surface area contributed by atoms with E-state index in [1.807, 2.05) is 9.80 Å². The molecule has 4 heterocycles. The van der Waals surface area contributed by atoms with Crippen LogP contribution >= 0.6 is 0 Å². The summed E-state index contributed by atoms with van der Waals surface area (Å²) in [5, 5.41) is 9.40. The molecule has 0 radical (unpaired) electrons. The fraction of sp³-hybridized carbons (Fsp3) is 0.647. The molecule has 2 aliphatic carbocycles. The maximum Gasteiger partial charge on any atom is 1.00 e. The number of hydrogen-bond donors (Lipinski definition) is 1. The number of alkyl halides is 2. The van der Waals surface area contributed by atoms with Gasteiger partial charge in [-0.1, -0.05) is 37.8 Å². The topological polar surface area (TPSA) is 144 Å². The summed E-state index contributed by atoms with van der Waals surface area (Å²) in [4.78, 5) is 52.1. The monoisotopic (exact) mass is 668 g/mol. The fourth-order valence-corrected chi connectivity index (χ4v) is 6.07. The molecule has 2 saturated heterocycles. The van der Waals surface area contributed by atoms with Crippen molar-refractivity contribution in [3.63, 3.8) is 0 Å². The third-order valence-electron chi connectivity index (χ3n) is 9.28. The number of nitrogens with zero attached hydrogens (tertiary/aromatic N) is 4. The molecule has 2 aromatic heterocycles. The molecule has 4 fully saturated rings. The van der Waals surface area contributed by atoms with Crippen molar-refractivity contribution in [1.29, 1.82) is 0 Å². The first-order valence-electron chi connectivity index (χ1n) is 16.6. The number of carboxylic acid groups (broad SMARTS) is 1. The van der Waals surface area contributed by atoms with Crippen molar-refractivity contribution in [3.05, 3.63) is 68.5 Å². The molecule has 0 bridgehead atoms. The summed E-state index contributed by atoms with van der Waals surface area (Å²) < 4.78 is 33.7. The van der Waals surface area contributed by atoms with Crippen LogP contribution in [0, 0.1) is 11.8 Å². The van der Waals surface area contributed by atoms with E-state index in [9.17, 15) is 33.1 Å². The van der Waals surface area contributed by atoms with Crippen molar-refractivity contribution in [1.82, 2.24) is 18.9 Å². The van der Waals surface area contributed by atoms with Gasteiger partial charge in [-0.15, -0.1) is 0 Å². The van der Waals surface area contributed by atoms with Gasteiger partial charge in [-0.25, -0.2) is 18.4 Å². The van der Waals surface area contributed by atoms with E-state index >= 15 is 0 Å². The van der Waals surface area contributed by atoms with Gasteiger partial charge in [-0.3, -0.25) is 19.4 Å². The normalized spacial score (nSPS) is 19.3. The SMILES string of the molecule is CCOC(=O)C(CC1CC1)n1cc(CCN2CC(F)C2)ccc1=O.O=C(O)C(CC1CC1)n1cc(CCN2CC(F)C2)ccc1=O.[Li+].[OH-]. The molecular weight excluding hydrogens is 621 g/mol. The molecule has 0 amide bonds. The molecule has 48 heavy (non-hydrogen) atoms. The van der Waals surface area contributed by atoms with Crippen LogP contribution in [0.25, 0.3) is 0 Å². The number of aliphatic carboxylic acids is 1. The maximum atomic E-state index is 12.9. The van der Waals surface area contributed by atoms with Crippen LogP contribution in [0.2, 0.25) is 0 Å². The quantitative estimate of drug-likeness (QED) is 0.209. The number of halogens is 2. The van der Waals surface area contributed by atoms with E-state index in [1.54, 1.807) is 31.5 Å². The van der Waals surface area contributed by atoms with Crippen LogP contribution in [-0.4, -0.2) is 99.7 Å². The third-order valence-corrected chi connectivity index (χ3v) is 9.28. The van der Waals surface area contributed by atoms with Crippen molar-refractivity contribution in [2.75, 3.05) is 45.9 Å². The number of carbonyl (C=O) groups excluding carboxylic acids is 1. The summed E-state index contributed by atoms with van der Waals surface area (Å²) in [5.41, 5.74) is 1.46. The standard InChI is InChI=1S/C18H25FN2O3.C16H21FN2O3.Li.H2O/c1-2-24-18(23)16(9-13-3-4-13)21-10-14(5-6-17(21)22)7-8-20-11-15(19)12-20;17-13-9-18(10-13)6-5-12-3-4-15(20)19(8-12)14(16(21)22)7-11-1-2-11;;/h5-6,10,13,15-16H,2-4,7-9,11-12H2,1H3;3-4,8,11,13-14H,1-2,5-7,9-10H2,(H,21,22);;1H2/q;;+1;/p-1. The van der Waals surface area contributed by atoms with Crippen molar-refractivity contribution in [2.45, 2.75) is 82.7 Å². The summed E-state index contributed by atoms with van der Waals surface area (Å²) in [6.45, 7) is 5.52. The van der Waals surface area contributed by atoms with E-state index in [0.717, 1.165) is 56.3 Å². The van der Waals surface area contributed by atoms with Crippen molar-refractivity contribution in [3.8, 4) is 0 Å². The number of ether oxygens (including phenoxy) is 1. The number of carboxylic acids is 1. The molecule has 2 saturated carbocycles. The van der Waals surface area contributed by atoms with Gasteiger partial charge in [0.1, 0.15) is 24.4 Å². The molecule has 4 aliphatic rings. The van der Waals surface area contributed by atoms with Crippen LogP contribution in [0.1, 0.15) is 68.7 Å². The summed E-state index contributed by atoms with van der Waals surface area (Å²) in [6.07, 6.45) is 8.98. The zero-order valence-electron chi connectivity index (χ0n) is 28.0. The van der Waals surface area contributed by atoms with Gasteiger partial charge in [0, 0.05) is 63.8 Å². The Hall–Kier alpha value is -2.82. The number of esters is 1. The van der Waals surface area contributed by atoms with Crippen LogP contribution in [-0.2, 0) is 27.2 Å². The average Bonchev–Trinajstić information content (AvgIpc) is 3.92. The van der Waals surface area contributed by atoms with Crippen LogP contribution in [0.4, 0.5) is 8.78 Å². The van der Waals surface area contributed by atoms with Gasteiger partial charge in [0.15, 0.2) is 0 Å². The summed E-state index contributed by atoms with van der Waals surface area (Å²) in [6, 6.07) is 5.17. The fourth-order valence-electron chi connectivity index (χ4n) is 6.07. The second kappa shape index (κ2) is 18.3. The molecular formula is C34H47F2LiN4O7. The Bertz CT molecular complexity index is 1470. The van der Waals surface area contributed by atoms with Gasteiger partial charge in [-0.05, 0) is 55.6 Å². The predicted molar refractivity (Wildman–Crippen MR) is 170 cm³/mol. The molecule has 2 atom stereocenters. The van der Waals surface area contributed by atoms with E-state index in [4.69, 9.17) is 4.74 Å². The Morgan fingerprint density at radius 2 is 1.21 bits per heavy atom. The number of hydrogen-bond acceptors (Lipinski definition) is 8. The van der Waals surface area contributed by atoms with E-state index in [1.165, 1.54) is 21.3 Å². The molecule has 2 aliphatic heterocycles.